The summed E-state index contributed by atoms with van der Waals surface area (Å²) in [5, 5.41) is 10.1. The lowest BCUT2D eigenvalue weighted by Gasteiger charge is -2.27. The number of aromatic nitrogens is 5. The summed E-state index contributed by atoms with van der Waals surface area (Å²) < 4.78 is 84.2. The fourth-order valence-electron chi connectivity index (χ4n) is 4.44. The number of hydrogen-bond donors (Lipinski definition) is 1. The molecule has 40 heavy (non-hydrogen) atoms. The van der Waals surface area contributed by atoms with Gasteiger partial charge in [-0.15, -0.1) is 0 Å². The van der Waals surface area contributed by atoms with E-state index in [4.69, 9.17) is 0 Å². The van der Waals surface area contributed by atoms with Crippen LogP contribution in [0.4, 0.5) is 32.0 Å². The van der Waals surface area contributed by atoms with E-state index in [1.54, 1.807) is 4.90 Å². The Morgan fingerprint density at radius 2 is 1.65 bits per heavy atom. The quantitative estimate of drug-likeness (QED) is 0.351. The zero-order chi connectivity index (χ0) is 28.8. The number of amides is 2. The van der Waals surface area contributed by atoms with Crippen molar-refractivity contribution >= 4 is 23.1 Å². The van der Waals surface area contributed by atoms with Crippen LogP contribution in [0.5, 0.6) is 0 Å². The number of carbonyl (C=O) groups is 2. The molecule has 15 heteroatoms. The highest BCUT2D eigenvalue weighted by molar-refractivity contribution is 6.07. The van der Waals surface area contributed by atoms with E-state index in [1.807, 2.05) is 0 Å². The van der Waals surface area contributed by atoms with Gasteiger partial charge in [0.1, 0.15) is 17.2 Å². The Kier molecular flexibility index (Phi) is 6.75. The second kappa shape index (κ2) is 9.95. The molecule has 210 valence electrons. The molecule has 0 unspecified atom stereocenters. The van der Waals surface area contributed by atoms with Gasteiger partial charge in [-0.05, 0) is 49.6 Å². The van der Waals surface area contributed by atoms with Gasteiger partial charge in [0.25, 0.3) is 11.8 Å². The van der Waals surface area contributed by atoms with Crippen molar-refractivity contribution in [2.24, 2.45) is 7.05 Å². The van der Waals surface area contributed by atoms with Gasteiger partial charge in [0, 0.05) is 31.8 Å². The molecule has 4 heterocycles. The van der Waals surface area contributed by atoms with Crippen molar-refractivity contribution in [1.82, 2.24) is 29.3 Å². The number of rotatable bonds is 5. The number of aryl methyl sites for hydroxylation is 1. The fourth-order valence-corrected chi connectivity index (χ4v) is 4.44. The summed E-state index contributed by atoms with van der Waals surface area (Å²) in [5.74, 6) is -7.39. The van der Waals surface area contributed by atoms with Crippen molar-refractivity contribution in [1.29, 1.82) is 0 Å². The molecule has 1 saturated heterocycles. The van der Waals surface area contributed by atoms with Crippen molar-refractivity contribution in [3.05, 3.63) is 65.5 Å². The van der Waals surface area contributed by atoms with E-state index in [0.29, 0.717) is 19.2 Å². The maximum absolute atomic E-state index is 14.6. The molecule has 0 radical (unpaired) electrons. The van der Waals surface area contributed by atoms with Gasteiger partial charge >= 0.3 is 12.1 Å². The van der Waals surface area contributed by atoms with E-state index >= 15 is 0 Å². The number of likely N-dealkylation sites (tertiary alicyclic amines) is 1. The molecule has 3 aromatic heterocycles. The summed E-state index contributed by atoms with van der Waals surface area (Å²) in [6.45, 7) is 1.06. The van der Waals surface area contributed by atoms with E-state index in [0.717, 1.165) is 49.6 Å². The van der Waals surface area contributed by atoms with Gasteiger partial charge in [0.2, 0.25) is 0 Å². The number of alkyl halides is 5. The zero-order valence-corrected chi connectivity index (χ0v) is 20.8. The molecule has 1 aliphatic rings. The van der Waals surface area contributed by atoms with Gasteiger partial charge < -0.3 is 10.2 Å². The Hall–Kier alpha value is -4.43. The molecular weight excluding hydrogens is 544 g/mol. The van der Waals surface area contributed by atoms with Crippen LogP contribution >= 0.6 is 0 Å². The van der Waals surface area contributed by atoms with Crippen LogP contribution in [0, 0.1) is 5.82 Å². The summed E-state index contributed by atoms with van der Waals surface area (Å²) in [5.41, 5.74) is -2.79. The lowest BCUT2D eigenvalue weighted by atomic mass is 10.1. The molecule has 0 aliphatic carbocycles. The standard InChI is InChI=1S/C25H21F6N7O2/c1-36-21(23(40)37-9-3-2-4-10-37)18(13-32-36)34-22(39)17-12-20-33-16(14-5-7-15(26)8-6-14)11-19(38(20)35-17)24(27,28)25(29,30)31/h5-8,11-13H,2-4,9-10H2,1H3,(H,34,39). The van der Waals surface area contributed by atoms with E-state index in [9.17, 15) is 35.9 Å². The van der Waals surface area contributed by atoms with Crippen molar-refractivity contribution in [3.63, 3.8) is 0 Å². The average molecular weight is 565 g/mol. The number of nitrogens with one attached hydrogen (secondary N) is 1. The number of anilines is 1. The van der Waals surface area contributed by atoms with E-state index in [-0.39, 0.29) is 33.1 Å². The van der Waals surface area contributed by atoms with Crippen LogP contribution in [0.2, 0.25) is 0 Å². The normalized spacial score (nSPS) is 14.5. The lowest BCUT2D eigenvalue weighted by Crippen LogP contribution is -2.37. The van der Waals surface area contributed by atoms with Gasteiger partial charge in [-0.3, -0.25) is 14.3 Å². The average Bonchev–Trinajstić information content (AvgIpc) is 3.51. The maximum Gasteiger partial charge on any atom is 0.459 e. The minimum Gasteiger partial charge on any atom is -0.337 e. The first kappa shape index (κ1) is 27.1. The number of piperidine rings is 1. The molecule has 9 nitrogen and oxygen atoms in total. The molecule has 5 rings (SSSR count). The molecule has 4 aromatic rings. The van der Waals surface area contributed by atoms with E-state index < -0.39 is 40.9 Å². The fraction of sp³-hybridized carbons (Fsp3) is 0.320. The summed E-state index contributed by atoms with van der Waals surface area (Å²) in [7, 11) is 1.50. The largest absolute Gasteiger partial charge is 0.459 e. The number of hydrogen-bond acceptors (Lipinski definition) is 5. The minimum atomic E-state index is -5.99. The van der Waals surface area contributed by atoms with Crippen molar-refractivity contribution in [2.45, 2.75) is 31.4 Å². The van der Waals surface area contributed by atoms with Gasteiger partial charge in [0.05, 0.1) is 17.6 Å². The van der Waals surface area contributed by atoms with Crippen LogP contribution in [-0.4, -0.2) is 60.4 Å². The van der Waals surface area contributed by atoms with Crippen LogP contribution in [0.25, 0.3) is 16.9 Å². The van der Waals surface area contributed by atoms with E-state index in [1.165, 1.54) is 17.9 Å². The Balaban J connectivity index is 1.54. The Morgan fingerprint density at radius 1 is 0.975 bits per heavy atom. The number of fused-ring (bicyclic) bond motifs is 1. The van der Waals surface area contributed by atoms with Crippen LogP contribution in [0.1, 0.15) is 45.9 Å². The maximum atomic E-state index is 14.6. The van der Waals surface area contributed by atoms with Crippen LogP contribution in [-0.2, 0) is 13.0 Å². The molecule has 1 aliphatic heterocycles. The highest BCUT2D eigenvalue weighted by Crippen LogP contribution is 2.44. The third kappa shape index (κ3) is 4.86. The molecule has 1 N–H and O–H groups in total. The van der Waals surface area contributed by atoms with Crippen LogP contribution in [0.3, 0.4) is 0 Å². The first-order valence-corrected chi connectivity index (χ1v) is 12.1. The smallest absolute Gasteiger partial charge is 0.337 e. The predicted molar refractivity (Wildman–Crippen MR) is 129 cm³/mol. The summed E-state index contributed by atoms with van der Waals surface area (Å²) >= 11 is 0. The second-order valence-electron chi connectivity index (χ2n) is 9.24. The van der Waals surface area contributed by atoms with Gasteiger partial charge in [-0.2, -0.15) is 32.1 Å². The molecular formula is C25H21F6N7O2. The van der Waals surface area contributed by atoms with Crippen LogP contribution in [0.15, 0.2) is 42.6 Å². The highest BCUT2D eigenvalue weighted by atomic mass is 19.4. The molecule has 0 atom stereocenters. The molecule has 0 saturated carbocycles. The zero-order valence-electron chi connectivity index (χ0n) is 20.8. The monoisotopic (exact) mass is 565 g/mol. The SMILES string of the molecule is Cn1ncc(NC(=O)c2cc3nc(-c4ccc(F)cc4)cc(C(F)(F)C(F)(F)F)n3n2)c1C(=O)N1CCCCC1. The van der Waals surface area contributed by atoms with Gasteiger partial charge in [-0.25, -0.2) is 13.9 Å². The Labute approximate surface area is 222 Å². The summed E-state index contributed by atoms with van der Waals surface area (Å²) in [6.07, 6.45) is -2.14. The minimum absolute atomic E-state index is 0.0148. The first-order chi connectivity index (χ1) is 18.9. The molecule has 0 bridgehead atoms. The lowest BCUT2D eigenvalue weighted by molar-refractivity contribution is -0.291. The van der Waals surface area contributed by atoms with Crippen molar-refractivity contribution < 1.29 is 35.9 Å². The molecule has 1 fully saturated rings. The number of carbonyl (C=O) groups excluding carboxylic acids is 2. The third-order valence-electron chi connectivity index (χ3n) is 6.51. The Bertz CT molecular complexity index is 1590. The number of nitrogens with zero attached hydrogens (tertiary/aromatic N) is 6. The summed E-state index contributed by atoms with van der Waals surface area (Å²) in [6, 6.07) is 5.73. The van der Waals surface area contributed by atoms with Crippen LogP contribution < -0.4 is 5.32 Å². The van der Waals surface area contributed by atoms with Crippen molar-refractivity contribution in [2.75, 3.05) is 18.4 Å². The highest BCUT2D eigenvalue weighted by Gasteiger charge is 2.60. The second-order valence-corrected chi connectivity index (χ2v) is 9.24. The Morgan fingerprint density at radius 3 is 2.30 bits per heavy atom. The molecule has 2 amide bonds. The van der Waals surface area contributed by atoms with Gasteiger partial charge in [-0.1, -0.05) is 0 Å². The topological polar surface area (TPSA) is 97.4 Å². The molecule has 0 spiro atoms. The predicted octanol–water partition coefficient (Wildman–Crippen LogP) is 4.80. The first-order valence-electron chi connectivity index (χ1n) is 12.1. The number of benzene rings is 1. The third-order valence-corrected chi connectivity index (χ3v) is 6.51. The summed E-state index contributed by atoms with van der Waals surface area (Å²) in [4.78, 5) is 31.8. The van der Waals surface area contributed by atoms with Crippen molar-refractivity contribution in [3.8, 4) is 11.3 Å². The van der Waals surface area contributed by atoms with Gasteiger partial charge in [0.15, 0.2) is 11.3 Å². The van der Waals surface area contributed by atoms with E-state index in [2.05, 4.69) is 20.5 Å². The number of halogens is 6. The molecule has 1 aromatic carbocycles.